The summed E-state index contributed by atoms with van der Waals surface area (Å²) in [6, 6.07) is 18.3. The van der Waals surface area contributed by atoms with Crippen LogP contribution in [0.3, 0.4) is 0 Å². The predicted octanol–water partition coefficient (Wildman–Crippen LogP) is 3.90. The molecule has 2 aromatic carbocycles. The van der Waals surface area contributed by atoms with Crippen LogP contribution in [0.4, 0.5) is 5.69 Å². The number of thioether (sulfide) groups is 1. The first-order valence-corrected chi connectivity index (χ1v) is 10.5. The molecule has 0 unspecified atom stereocenters. The number of carbonyl (C=O) groups excluding carboxylic acids is 2. The Labute approximate surface area is 165 Å². The van der Waals surface area contributed by atoms with Gasteiger partial charge in [0.25, 0.3) is 0 Å². The largest absolute Gasteiger partial charge is 0.339 e. The molecule has 1 atom stereocenters. The normalized spacial score (nSPS) is 16.3. The molecule has 1 heterocycles. The van der Waals surface area contributed by atoms with Gasteiger partial charge in [-0.1, -0.05) is 42.5 Å². The van der Waals surface area contributed by atoms with E-state index in [4.69, 9.17) is 0 Å². The third kappa shape index (κ3) is 5.86. The first-order valence-electron chi connectivity index (χ1n) is 9.39. The first-order chi connectivity index (χ1) is 13.1. The van der Waals surface area contributed by atoms with Gasteiger partial charge in [0.15, 0.2) is 0 Å². The number of anilines is 1. The van der Waals surface area contributed by atoms with Crippen molar-refractivity contribution in [1.82, 2.24) is 4.90 Å². The summed E-state index contributed by atoms with van der Waals surface area (Å²) >= 11 is 1.38. The SMILES string of the molecule is Cc1cccc(NC(=O)CSCC(=O)N2CCC[C@H]2Cc2ccccc2)c1. The van der Waals surface area contributed by atoms with Crippen molar-refractivity contribution >= 4 is 29.3 Å². The van der Waals surface area contributed by atoms with Gasteiger partial charge in [-0.15, -0.1) is 11.8 Å². The van der Waals surface area contributed by atoms with Gasteiger partial charge in [0.05, 0.1) is 11.5 Å². The van der Waals surface area contributed by atoms with Crippen LogP contribution in [0.1, 0.15) is 24.0 Å². The molecule has 27 heavy (non-hydrogen) atoms. The maximum atomic E-state index is 12.6. The van der Waals surface area contributed by atoms with Crippen LogP contribution >= 0.6 is 11.8 Å². The second kappa shape index (κ2) is 9.60. The van der Waals surface area contributed by atoms with Crippen LogP contribution in [-0.4, -0.2) is 40.8 Å². The second-order valence-electron chi connectivity index (χ2n) is 6.98. The van der Waals surface area contributed by atoms with E-state index in [1.165, 1.54) is 17.3 Å². The van der Waals surface area contributed by atoms with E-state index in [1.54, 1.807) is 0 Å². The summed E-state index contributed by atoms with van der Waals surface area (Å²) in [4.78, 5) is 26.7. The Morgan fingerprint density at radius 1 is 1.11 bits per heavy atom. The molecular formula is C22H26N2O2S. The molecule has 1 N–H and O–H groups in total. The van der Waals surface area contributed by atoms with E-state index in [1.807, 2.05) is 54.3 Å². The van der Waals surface area contributed by atoms with Gasteiger partial charge in [-0.3, -0.25) is 9.59 Å². The Morgan fingerprint density at radius 2 is 1.93 bits per heavy atom. The summed E-state index contributed by atoms with van der Waals surface area (Å²) in [6.07, 6.45) is 3.02. The number of carbonyl (C=O) groups is 2. The molecule has 1 aliphatic heterocycles. The van der Waals surface area contributed by atoms with Crippen LogP contribution in [0.5, 0.6) is 0 Å². The zero-order valence-electron chi connectivity index (χ0n) is 15.7. The highest BCUT2D eigenvalue weighted by Crippen LogP contribution is 2.22. The predicted molar refractivity (Wildman–Crippen MR) is 112 cm³/mol. The molecule has 0 bridgehead atoms. The van der Waals surface area contributed by atoms with Crippen molar-refractivity contribution in [2.45, 2.75) is 32.2 Å². The molecule has 0 radical (unpaired) electrons. The smallest absolute Gasteiger partial charge is 0.234 e. The van der Waals surface area contributed by atoms with Crippen LogP contribution < -0.4 is 5.32 Å². The number of nitrogens with zero attached hydrogens (tertiary/aromatic N) is 1. The van der Waals surface area contributed by atoms with Crippen molar-refractivity contribution < 1.29 is 9.59 Å². The maximum absolute atomic E-state index is 12.6. The summed E-state index contributed by atoms with van der Waals surface area (Å²) in [7, 11) is 0. The number of rotatable bonds is 7. The third-order valence-corrected chi connectivity index (χ3v) is 5.69. The number of benzene rings is 2. The lowest BCUT2D eigenvalue weighted by Crippen LogP contribution is -2.38. The third-order valence-electron chi connectivity index (χ3n) is 4.77. The maximum Gasteiger partial charge on any atom is 0.234 e. The molecule has 1 saturated heterocycles. The molecule has 4 nitrogen and oxygen atoms in total. The van der Waals surface area contributed by atoms with E-state index < -0.39 is 0 Å². The Bertz CT molecular complexity index is 779. The molecule has 2 amide bonds. The minimum atomic E-state index is -0.0688. The fraction of sp³-hybridized carbons (Fsp3) is 0.364. The molecule has 142 valence electrons. The number of aryl methyl sites for hydroxylation is 1. The zero-order valence-corrected chi connectivity index (χ0v) is 16.5. The average molecular weight is 383 g/mol. The zero-order chi connectivity index (χ0) is 19.1. The lowest BCUT2D eigenvalue weighted by Gasteiger charge is -2.24. The van der Waals surface area contributed by atoms with Gasteiger partial charge in [0.1, 0.15) is 0 Å². The van der Waals surface area contributed by atoms with E-state index >= 15 is 0 Å². The van der Waals surface area contributed by atoms with Crippen LogP contribution in [0.25, 0.3) is 0 Å². The van der Waals surface area contributed by atoms with Crippen LogP contribution in [0.15, 0.2) is 54.6 Å². The van der Waals surface area contributed by atoms with Gasteiger partial charge >= 0.3 is 0 Å². The summed E-state index contributed by atoms with van der Waals surface area (Å²) in [5.41, 5.74) is 3.18. The number of amides is 2. The van der Waals surface area contributed by atoms with E-state index in [9.17, 15) is 9.59 Å². The van der Waals surface area contributed by atoms with Crippen molar-refractivity contribution in [2.24, 2.45) is 0 Å². The Kier molecular flexibility index (Phi) is 6.93. The van der Waals surface area contributed by atoms with Gasteiger partial charge in [-0.05, 0) is 49.4 Å². The van der Waals surface area contributed by atoms with Crippen LogP contribution in [0.2, 0.25) is 0 Å². The molecule has 0 aliphatic carbocycles. The Morgan fingerprint density at radius 3 is 2.70 bits per heavy atom. The van der Waals surface area contributed by atoms with Crippen LogP contribution in [-0.2, 0) is 16.0 Å². The molecule has 0 saturated carbocycles. The number of hydrogen-bond donors (Lipinski definition) is 1. The van der Waals surface area contributed by atoms with Crippen molar-refractivity contribution in [1.29, 1.82) is 0 Å². The summed E-state index contributed by atoms with van der Waals surface area (Å²) in [6.45, 7) is 2.82. The number of likely N-dealkylation sites (tertiary alicyclic amines) is 1. The van der Waals surface area contributed by atoms with Gasteiger partial charge in [-0.25, -0.2) is 0 Å². The van der Waals surface area contributed by atoms with Crippen molar-refractivity contribution in [2.75, 3.05) is 23.4 Å². The fourth-order valence-electron chi connectivity index (χ4n) is 3.50. The summed E-state index contributed by atoms with van der Waals surface area (Å²) < 4.78 is 0. The Hall–Kier alpha value is -2.27. The molecule has 0 spiro atoms. The van der Waals surface area contributed by atoms with Crippen molar-refractivity contribution in [3.05, 3.63) is 65.7 Å². The summed E-state index contributed by atoms with van der Waals surface area (Å²) in [5, 5.41) is 2.88. The molecule has 5 heteroatoms. The monoisotopic (exact) mass is 382 g/mol. The van der Waals surface area contributed by atoms with E-state index in [2.05, 4.69) is 17.4 Å². The number of nitrogens with one attached hydrogen (secondary N) is 1. The van der Waals surface area contributed by atoms with Gasteiger partial charge in [-0.2, -0.15) is 0 Å². The van der Waals surface area contributed by atoms with Crippen molar-refractivity contribution in [3.63, 3.8) is 0 Å². The molecule has 2 aromatic rings. The summed E-state index contributed by atoms with van der Waals surface area (Å²) in [5.74, 6) is 0.714. The highest BCUT2D eigenvalue weighted by Gasteiger charge is 2.28. The lowest BCUT2D eigenvalue weighted by molar-refractivity contribution is -0.129. The van der Waals surface area contributed by atoms with Gasteiger partial charge < -0.3 is 10.2 Å². The van der Waals surface area contributed by atoms with Gasteiger partial charge in [0, 0.05) is 18.3 Å². The van der Waals surface area contributed by atoms with Gasteiger partial charge in [0.2, 0.25) is 11.8 Å². The Balaban J connectivity index is 1.43. The van der Waals surface area contributed by atoms with Crippen LogP contribution in [0, 0.1) is 6.92 Å². The highest BCUT2D eigenvalue weighted by molar-refractivity contribution is 8.00. The topological polar surface area (TPSA) is 49.4 Å². The minimum Gasteiger partial charge on any atom is -0.339 e. The molecule has 3 rings (SSSR count). The molecule has 1 fully saturated rings. The molecular weight excluding hydrogens is 356 g/mol. The van der Waals surface area contributed by atoms with E-state index in [-0.39, 0.29) is 23.6 Å². The van der Waals surface area contributed by atoms with Crippen molar-refractivity contribution in [3.8, 4) is 0 Å². The lowest BCUT2D eigenvalue weighted by atomic mass is 10.0. The molecule has 1 aliphatic rings. The van der Waals surface area contributed by atoms with E-state index in [0.717, 1.165) is 37.1 Å². The standard InChI is InChI=1S/C22H26N2O2S/c1-17-7-5-10-19(13-17)23-21(25)15-27-16-22(26)24-12-6-11-20(24)14-18-8-3-2-4-9-18/h2-5,7-10,13,20H,6,11-12,14-16H2,1H3,(H,23,25)/t20-/m0/s1. The van der Waals surface area contributed by atoms with E-state index in [0.29, 0.717) is 5.75 Å². The number of hydrogen-bond acceptors (Lipinski definition) is 3. The minimum absolute atomic E-state index is 0.0688. The average Bonchev–Trinajstić information content (AvgIpc) is 3.10. The first kappa shape index (κ1) is 19.5. The fourth-order valence-corrected chi connectivity index (χ4v) is 4.20. The quantitative estimate of drug-likeness (QED) is 0.790. The molecule has 0 aromatic heterocycles. The second-order valence-corrected chi connectivity index (χ2v) is 7.97. The highest BCUT2D eigenvalue weighted by atomic mass is 32.2.